The summed E-state index contributed by atoms with van der Waals surface area (Å²) in [6.07, 6.45) is -2.11. The van der Waals surface area contributed by atoms with Gasteiger partial charge in [0.25, 0.3) is 0 Å². The summed E-state index contributed by atoms with van der Waals surface area (Å²) in [4.78, 5) is 0. The van der Waals surface area contributed by atoms with Crippen LogP contribution in [-0.2, 0) is 6.18 Å². The summed E-state index contributed by atoms with van der Waals surface area (Å²) < 4.78 is 36.8. The third kappa shape index (κ3) is 4.68. The minimum Gasteiger partial charge on any atom is -0.396 e. The van der Waals surface area contributed by atoms with Gasteiger partial charge >= 0.3 is 6.18 Å². The molecule has 9 heteroatoms. The molecule has 0 aliphatic rings. The van der Waals surface area contributed by atoms with Crippen LogP contribution in [-0.4, -0.2) is 40.0 Å². The van der Waals surface area contributed by atoms with E-state index in [4.69, 9.17) is 5.11 Å². The first kappa shape index (κ1) is 14.5. The molecular weight excluding hydrogens is 275 g/mol. The Hall–Kier alpha value is -0.540. The molecule has 0 aromatic carbocycles. The quantitative estimate of drug-likeness (QED) is 0.839. The molecule has 0 spiro atoms. The van der Waals surface area contributed by atoms with E-state index >= 15 is 0 Å². The minimum absolute atomic E-state index is 0.0246. The molecule has 0 aliphatic carbocycles. The Kier molecular flexibility index (Phi) is 5.47. The van der Waals surface area contributed by atoms with Gasteiger partial charge < -0.3 is 10.4 Å². The van der Waals surface area contributed by atoms with Gasteiger partial charge in [-0.2, -0.15) is 24.9 Å². The van der Waals surface area contributed by atoms with Gasteiger partial charge in [0, 0.05) is 18.4 Å². The van der Waals surface area contributed by atoms with Gasteiger partial charge in [0.2, 0.25) is 10.1 Å². The van der Waals surface area contributed by atoms with Crippen molar-refractivity contribution in [1.29, 1.82) is 0 Å². The molecule has 1 heterocycles. The summed E-state index contributed by atoms with van der Waals surface area (Å²) in [7, 11) is 0. The molecule has 98 valence electrons. The van der Waals surface area contributed by atoms with Crippen LogP contribution >= 0.6 is 23.1 Å². The molecule has 0 bridgehead atoms. The van der Waals surface area contributed by atoms with Crippen LogP contribution in [0.25, 0.3) is 0 Å². The smallest absolute Gasteiger partial charge is 0.396 e. The molecule has 0 radical (unpaired) electrons. The highest BCUT2D eigenvalue weighted by molar-refractivity contribution is 7.98. The second-order valence-corrected chi connectivity index (χ2v) is 5.11. The van der Waals surface area contributed by atoms with Crippen molar-refractivity contribution in [2.45, 2.75) is 18.6 Å². The number of rotatable bonds is 6. The second kappa shape index (κ2) is 6.41. The van der Waals surface area contributed by atoms with Gasteiger partial charge in [0.15, 0.2) is 0 Å². The normalized spacial score (nSPS) is 13.7. The maximum atomic E-state index is 12.3. The van der Waals surface area contributed by atoms with Crippen molar-refractivity contribution in [3.05, 3.63) is 5.01 Å². The van der Waals surface area contributed by atoms with E-state index in [0.717, 1.165) is 0 Å². The maximum Gasteiger partial charge on any atom is 0.445 e. The fourth-order valence-electron chi connectivity index (χ4n) is 1.12. The largest absolute Gasteiger partial charge is 0.445 e. The van der Waals surface area contributed by atoms with Crippen LogP contribution in [0.5, 0.6) is 0 Å². The van der Waals surface area contributed by atoms with E-state index in [9.17, 15) is 13.2 Å². The lowest BCUT2D eigenvalue weighted by Crippen LogP contribution is -2.23. The maximum absolute atomic E-state index is 12.3. The first-order valence-corrected chi connectivity index (χ1v) is 6.95. The van der Waals surface area contributed by atoms with Gasteiger partial charge in [0.05, 0.1) is 0 Å². The first-order chi connectivity index (χ1) is 7.97. The summed E-state index contributed by atoms with van der Waals surface area (Å²) >= 11 is 2.01. The highest BCUT2D eigenvalue weighted by Crippen LogP contribution is 2.33. The second-order valence-electron chi connectivity index (χ2n) is 3.22. The molecule has 1 aromatic rings. The van der Waals surface area contributed by atoms with Gasteiger partial charge in [-0.3, -0.25) is 0 Å². The van der Waals surface area contributed by atoms with Gasteiger partial charge in [0.1, 0.15) is 0 Å². The number of aromatic nitrogens is 2. The zero-order valence-corrected chi connectivity index (χ0v) is 10.6. The summed E-state index contributed by atoms with van der Waals surface area (Å²) in [6, 6.07) is -0.107. The van der Waals surface area contributed by atoms with E-state index in [1.165, 1.54) is 0 Å². The van der Waals surface area contributed by atoms with Crippen molar-refractivity contribution < 1.29 is 18.3 Å². The molecular formula is C8H12F3N3OS2. The SMILES string of the molecule is CSCC(CCO)Nc1nnc(C(F)(F)F)s1. The number of aliphatic hydroxyl groups excluding tert-OH is 1. The van der Waals surface area contributed by atoms with E-state index < -0.39 is 11.2 Å². The molecule has 0 amide bonds. The Morgan fingerprint density at radius 3 is 2.65 bits per heavy atom. The van der Waals surface area contributed by atoms with E-state index in [1.54, 1.807) is 11.8 Å². The van der Waals surface area contributed by atoms with E-state index in [-0.39, 0.29) is 17.8 Å². The molecule has 4 nitrogen and oxygen atoms in total. The van der Waals surface area contributed by atoms with Crippen molar-refractivity contribution in [3.8, 4) is 0 Å². The predicted molar refractivity (Wildman–Crippen MR) is 62.4 cm³/mol. The monoisotopic (exact) mass is 287 g/mol. The molecule has 2 N–H and O–H groups in total. The molecule has 1 aromatic heterocycles. The average molecular weight is 287 g/mol. The topological polar surface area (TPSA) is 58.0 Å². The first-order valence-electron chi connectivity index (χ1n) is 4.74. The summed E-state index contributed by atoms with van der Waals surface area (Å²) in [6.45, 7) is -0.0246. The van der Waals surface area contributed by atoms with Crippen LogP contribution < -0.4 is 5.32 Å². The Balaban J connectivity index is 2.63. The number of hydrogen-bond acceptors (Lipinski definition) is 6. The Morgan fingerprint density at radius 2 is 2.18 bits per heavy atom. The summed E-state index contributed by atoms with van der Waals surface area (Å²) in [5.41, 5.74) is 0. The molecule has 1 atom stereocenters. The zero-order chi connectivity index (χ0) is 12.9. The lowest BCUT2D eigenvalue weighted by atomic mass is 10.2. The highest BCUT2D eigenvalue weighted by Gasteiger charge is 2.35. The number of aliphatic hydroxyl groups is 1. The zero-order valence-electron chi connectivity index (χ0n) is 8.99. The lowest BCUT2D eigenvalue weighted by Gasteiger charge is -2.14. The third-order valence-corrected chi connectivity index (χ3v) is 3.48. The van der Waals surface area contributed by atoms with Gasteiger partial charge in [-0.1, -0.05) is 11.3 Å². The molecule has 0 aliphatic heterocycles. The Morgan fingerprint density at radius 1 is 1.47 bits per heavy atom. The number of nitrogens with one attached hydrogen (secondary N) is 1. The third-order valence-electron chi connectivity index (χ3n) is 1.84. The summed E-state index contributed by atoms with van der Waals surface area (Å²) in [5, 5.41) is 17.3. The minimum atomic E-state index is -4.45. The van der Waals surface area contributed by atoms with Crippen molar-refractivity contribution in [2.75, 3.05) is 23.9 Å². The molecule has 0 saturated heterocycles. The number of hydrogen-bond donors (Lipinski definition) is 2. The Bertz CT molecular complexity index is 339. The standard InChI is InChI=1S/C8H12F3N3OS2/c1-16-4-5(2-3-15)12-7-14-13-6(17-7)8(9,10)11/h5,15H,2-4H2,1H3,(H,12,14). The van der Waals surface area contributed by atoms with Gasteiger partial charge in [-0.05, 0) is 12.7 Å². The number of anilines is 1. The van der Waals surface area contributed by atoms with Crippen LogP contribution in [0, 0.1) is 0 Å². The Labute approximate surface area is 105 Å². The fraction of sp³-hybridized carbons (Fsp3) is 0.750. The highest BCUT2D eigenvalue weighted by atomic mass is 32.2. The van der Waals surface area contributed by atoms with Crippen LogP contribution in [0.1, 0.15) is 11.4 Å². The van der Waals surface area contributed by atoms with Crippen LogP contribution in [0.2, 0.25) is 0 Å². The van der Waals surface area contributed by atoms with E-state index in [0.29, 0.717) is 23.5 Å². The average Bonchev–Trinajstić information content (AvgIpc) is 2.66. The summed E-state index contributed by atoms with van der Waals surface area (Å²) in [5.74, 6) is 0.682. The van der Waals surface area contributed by atoms with Crippen molar-refractivity contribution >= 4 is 28.2 Å². The molecule has 1 rings (SSSR count). The van der Waals surface area contributed by atoms with Crippen molar-refractivity contribution in [2.24, 2.45) is 0 Å². The molecule has 17 heavy (non-hydrogen) atoms. The molecule has 0 fully saturated rings. The van der Waals surface area contributed by atoms with E-state index in [2.05, 4.69) is 15.5 Å². The number of nitrogens with zero attached hydrogens (tertiary/aromatic N) is 2. The number of halogens is 3. The molecule has 1 unspecified atom stereocenters. The number of thioether (sulfide) groups is 1. The van der Waals surface area contributed by atoms with Crippen LogP contribution in [0.3, 0.4) is 0 Å². The number of alkyl halides is 3. The van der Waals surface area contributed by atoms with Crippen molar-refractivity contribution in [3.63, 3.8) is 0 Å². The lowest BCUT2D eigenvalue weighted by molar-refractivity contribution is -0.138. The molecule has 0 saturated carbocycles. The van der Waals surface area contributed by atoms with Crippen molar-refractivity contribution in [1.82, 2.24) is 10.2 Å². The van der Waals surface area contributed by atoms with Crippen LogP contribution in [0.4, 0.5) is 18.3 Å². The van der Waals surface area contributed by atoms with Gasteiger partial charge in [-0.25, -0.2) is 0 Å². The van der Waals surface area contributed by atoms with Gasteiger partial charge in [-0.15, -0.1) is 10.2 Å². The predicted octanol–water partition coefficient (Wildman–Crippen LogP) is 2.08. The fourth-order valence-corrected chi connectivity index (χ4v) is 2.47. The van der Waals surface area contributed by atoms with Crippen LogP contribution in [0.15, 0.2) is 0 Å². The van der Waals surface area contributed by atoms with E-state index in [1.807, 2.05) is 6.26 Å².